The summed E-state index contributed by atoms with van der Waals surface area (Å²) in [5.41, 5.74) is 5.39. The molecule has 0 spiro atoms. The molecular weight excluding hydrogens is 297 g/mol. The minimum atomic E-state index is -1.23. The monoisotopic (exact) mass is 307 g/mol. The van der Waals surface area contributed by atoms with Gasteiger partial charge in [-0.25, -0.2) is 0 Å². The van der Waals surface area contributed by atoms with Crippen LogP contribution in [0.25, 0.3) is 0 Å². The molecule has 0 bridgehead atoms. The molecule has 2 unspecified atom stereocenters. The average molecular weight is 309 g/mol. The van der Waals surface area contributed by atoms with Crippen LogP contribution in [0.2, 0.25) is 5.02 Å². The van der Waals surface area contributed by atoms with E-state index in [1.165, 1.54) is 0 Å². The predicted octanol–water partition coefficient (Wildman–Crippen LogP) is 1.37. The van der Waals surface area contributed by atoms with Crippen LogP contribution < -0.4 is 5.73 Å². The molecule has 16 heavy (non-hydrogen) atoms. The third kappa shape index (κ3) is 3.45. The summed E-state index contributed by atoms with van der Waals surface area (Å²) >= 11 is 8.95. The normalized spacial score (nSPS) is 14.5. The number of benzene rings is 1. The van der Waals surface area contributed by atoms with Crippen LogP contribution in [0.4, 0.5) is 0 Å². The van der Waals surface area contributed by atoms with Crippen LogP contribution >= 0.6 is 27.5 Å². The fourth-order valence-electron chi connectivity index (χ4n) is 1.27. The molecule has 0 fully saturated rings. The van der Waals surface area contributed by atoms with Crippen LogP contribution in [0.1, 0.15) is 18.1 Å². The molecule has 2 atom stereocenters. The Labute approximate surface area is 106 Å². The minimum absolute atomic E-state index is 0.295. The van der Waals surface area contributed by atoms with Crippen molar-refractivity contribution < 1.29 is 15.0 Å². The molecule has 1 rings (SSSR count). The van der Waals surface area contributed by atoms with Gasteiger partial charge < -0.3 is 15.9 Å². The van der Waals surface area contributed by atoms with Crippen molar-refractivity contribution in [3.05, 3.63) is 33.3 Å². The van der Waals surface area contributed by atoms with Crippen LogP contribution in [0, 0.1) is 0 Å². The lowest BCUT2D eigenvalue weighted by Crippen LogP contribution is -2.25. The zero-order valence-corrected chi connectivity index (χ0v) is 10.6. The van der Waals surface area contributed by atoms with Gasteiger partial charge in [-0.2, -0.15) is 0 Å². The van der Waals surface area contributed by atoms with Gasteiger partial charge in [0.05, 0.1) is 12.5 Å². The molecule has 0 saturated carbocycles. The number of nitrogens with two attached hydrogens (primary N) is 1. The van der Waals surface area contributed by atoms with Crippen molar-refractivity contribution >= 4 is 33.4 Å². The third-order valence-corrected chi connectivity index (χ3v) is 2.98. The number of primary amides is 1. The Balaban J connectivity index is 2.87. The molecule has 1 amide bonds. The number of hydrogen-bond acceptors (Lipinski definition) is 3. The van der Waals surface area contributed by atoms with Gasteiger partial charge >= 0.3 is 0 Å². The van der Waals surface area contributed by atoms with Crippen molar-refractivity contribution in [3.63, 3.8) is 0 Å². The van der Waals surface area contributed by atoms with Gasteiger partial charge in [0, 0.05) is 9.50 Å². The van der Waals surface area contributed by atoms with Crippen molar-refractivity contribution in [1.82, 2.24) is 0 Å². The zero-order valence-electron chi connectivity index (χ0n) is 8.23. The SMILES string of the molecule is NC(=O)CC(O)C(O)c1ccc(Cl)cc1Br. The number of aliphatic hydroxyl groups is 2. The van der Waals surface area contributed by atoms with Crippen molar-refractivity contribution in [3.8, 4) is 0 Å². The van der Waals surface area contributed by atoms with Crippen LogP contribution in [0.3, 0.4) is 0 Å². The highest BCUT2D eigenvalue weighted by molar-refractivity contribution is 9.10. The first kappa shape index (κ1) is 13.4. The van der Waals surface area contributed by atoms with E-state index < -0.39 is 18.1 Å². The maximum absolute atomic E-state index is 10.6. The second-order valence-electron chi connectivity index (χ2n) is 3.35. The number of aliphatic hydroxyl groups excluding tert-OH is 2. The molecule has 0 aliphatic rings. The van der Waals surface area contributed by atoms with Crippen LogP contribution in [0.5, 0.6) is 0 Å². The van der Waals surface area contributed by atoms with E-state index >= 15 is 0 Å². The summed E-state index contributed by atoms with van der Waals surface area (Å²) in [5, 5.41) is 19.8. The summed E-state index contributed by atoms with van der Waals surface area (Å²) in [5.74, 6) is -0.670. The molecule has 6 heteroatoms. The van der Waals surface area contributed by atoms with Gasteiger partial charge in [-0.15, -0.1) is 0 Å². The predicted molar refractivity (Wildman–Crippen MR) is 63.9 cm³/mol. The van der Waals surface area contributed by atoms with Gasteiger partial charge in [0.15, 0.2) is 0 Å². The Morgan fingerprint density at radius 1 is 1.50 bits per heavy atom. The molecular formula is C10H11BrClNO3. The molecule has 0 aromatic heterocycles. The number of rotatable bonds is 4. The Morgan fingerprint density at radius 3 is 2.62 bits per heavy atom. The first-order valence-corrected chi connectivity index (χ1v) is 5.68. The summed E-state index contributed by atoms with van der Waals surface area (Å²) in [6, 6.07) is 4.75. The van der Waals surface area contributed by atoms with Crippen molar-refractivity contribution in [2.75, 3.05) is 0 Å². The van der Waals surface area contributed by atoms with E-state index in [0.29, 0.717) is 15.1 Å². The summed E-state index contributed by atoms with van der Waals surface area (Å²) in [4.78, 5) is 10.6. The number of hydrogen-bond donors (Lipinski definition) is 3. The second-order valence-corrected chi connectivity index (χ2v) is 4.64. The smallest absolute Gasteiger partial charge is 0.220 e. The quantitative estimate of drug-likeness (QED) is 0.785. The second kappa shape index (κ2) is 5.63. The highest BCUT2D eigenvalue weighted by Gasteiger charge is 2.22. The van der Waals surface area contributed by atoms with E-state index in [1.807, 2.05) is 0 Å². The number of amides is 1. The van der Waals surface area contributed by atoms with E-state index in [0.717, 1.165) is 0 Å². The highest BCUT2D eigenvalue weighted by Crippen LogP contribution is 2.29. The fraction of sp³-hybridized carbons (Fsp3) is 0.300. The molecule has 0 aliphatic heterocycles. The molecule has 0 radical (unpaired) electrons. The number of halogens is 2. The standard InChI is InChI=1S/C10H11BrClNO3/c11-7-3-5(12)1-2-6(7)10(16)8(14)4-9(13)15/h1-3,8,10,14,16H,4H2,(H2,13,15). The third-order valence-electron chi connectivity index (χ3n) is 2.06. The van der Waals surface area contributed by atoms with Gasteiger partial charge in [-0.05, 0) is 17.7 Å². The van der Waals surface area contributed by atoms with E-state index in [-0.39, 0.29) is 6.42 Å². The molecule has 0 heterocycles. The van der Waals surface area contributed by atoms with Gasteiger partial charge in [-0.3, -0.25) is 4.79 Å². The van der Waals surface area contributed by atoms with Crippen molar-refractivity contribution in [1.29, 1.82) is 0 Å². The van der Waals surface area contributed by atoms with E-state index in [9.17, 15) is 15.0 Å². The summed E-state index contributed by atoms with van der Waals surface area (Å²) in [6.45, 7) is 0. The zero-order chi connectivity index (χ0) is 12.3. The molecule has 0 saturated heterocycles. The molecule has 4 nitrogen and oxygen atoms in total. The lowest BCUT2D eigenvalue weighted by molar-refractivity contribution is -0.121. The fourth-order valence-corrected chi connectivity index (χ4v) is 2.18. The van der Waals surface area contributed by atoms with Gasteiger partial charge in [0.1, 0.15) is 6.10 Å². The molecule has 1 aromatic rings. The Hall–Kier alpha value is -0.620. The maximum atomic E-state index is 10.6. The highest BCUT2D eigenvalue weighted by atomic mass is 79.9. The Bertz CT molecular complexity index is 400. The summed E-state index contributed by atoms with van der Waals surface area (Å²) in [6.07, 6.45) is -2.70. The molecule has 0 aliphatic carbocycles. The van der Waals surface area contributed by atoms with Gasteiger partial charge in [-0.1, -0.05) is 33.6 Å². The largest absolute Gasteiger partial charge is 0.390 e. The van der Waals surface area contributed by atoms with E-state index in [4.69, 9.17) is 17.3 Å². The number of carbonyl (C=O) groups is 1. The summed E-state index contributed by atoms with van der Waals surface area (Å²) < 4.78 is 0.566. The van der Waals surface area contributed by atoms with Crippen molar-refractivity contribution in [2.45, 2.75) is 18.6 Å². The van der Waals surface area contributed by atoms with Crippen LogP contribution in [0.15, 0.2) is 22.7 Å². The lowest BCUT2D eigenvalue weighted by Gasteiger charge is -2.18. The first-order chi connectivity index (χ1) is 7.41. The molecule has 4 N–H and O–H groups in total. The first-order valence-electron chi connectivity index (χ1n) is 4.51. The van der Waals surface area contributed by atoms with Gasteiger partial charge in [0.2, 0.25) is 5.91 Å². The van der Waals surface area contributed by atoms with Crippen molar-refractivity contribution in [2.24, 2.45) is 5.73 Å². The average Bonchev–Trinajstić information content (AvgIpc) is 2.15. The van der Waals surface area contributed by atoms with Crippen LogP contribution in [-0.2, 0) is 4.79 Å². The molecule has 1 aromatic carbocycles. The lowest BCUT2D eigenvalue weighted by atomic mass is 10.0. The van der Waals surface area contributed by atoms with Gasteiger partial charge in [0.25, 0.3) is 0 Å². The minimum Gasteiger partial charge on any atom is -0.390 e. The van der Waals surface area contributed by atoms with Crippen LogP contribution in [-0.4, -0.2) is 22.2 Å². The van der Waals surface area contributed by atoms with E-state index in [1.54, 1.807) is 18.2 Å². The maximum Gasteiger partial charge on any atom is 0.220 e. The summed E-state index contributed by atoms with van der Waals surface area (Å²) in [7, 11) is 0. The topological polar surface area (TPSA) is 83.6 Å². The number of carbonyl (C=O) groups excluding carboxylic acids is 1. The Morgan fingerprint density at radius 2 is 2.12 bits per heavy atom. The molecule has 88 valence electrons. The Kier molecular flexibility index (Phi) is 4.73. The van der Waals surface area contributed by atoms with E-state index in [2.05, 4.69) is 15.9 Å².